The van der Waals surface area contributed by atoms with E-state index >= 15 is 0 Å². The van der Waals surface area contributed by atoms with E-state index in [1.165, 1.54) is 6.42 Å². The molecule has 0 aromatic carbocycles. The molecule has 0 radical (unpaired) electrons. The summed E-state index contributed by atoms with van der Waals surface area (Å²) in [4.78, 5) is 26.6. The molecule has 1 N–H and O–H groups in total. The molecule has 28 heavy (non-hydrogen) atoms. The quantitative estimate of drug-likeness (QED) is 0.570. The van der Waals surface area contributed by atoms with E-state index in [4.69, 9.17) is 4.74 Å². The molecule has 0 fully saturated rings. The van der Waals surface area contributed by atoms with Crippen LogP contribution in [0.5, 0.6) is 0 Å². The second-order valence-corrected chi connectivity index (χ2v) is 8.44. The molecule has 1 aromatic heterocycles. The molecule has 0 saturated carbocycles. The minimum Gasteiger partial charge on any atom is -0.443 e. The highest BCUT2D eigenvalue weighted by Crippen LogP contribution is 2.17. The first-order chi connectivity index (χ1) is 13.2. The van der Waals surface area contributed by atoms with Crippen LogP contribution < -0.4 is 5.32 Å². The van der Waals surface area contributed by atoms with E-state index in [1.807, 2.05) is 6.92 Å². The average Bonchev–Trinajstić information content (AvgIpc) is 2.96. The molecule has 1 aliphatic carbocycles. The lowest BCUT2D eigenvalue weighted by molar-refractivity contribution is 0.0237. The Hall–Kier alpha value is -2.15. The number of nitrogens with zero attached hydrogens (tertiary/aromatic N) is 3. The summed E-state index contributed by atoms with van der Waals surface area (Å²) in [6, 6.07) is 1.69. The van der Waals surface area contributed by atoms with Gasteiger partial charge in [0.2, 0.25) is 0 Å². The van der Waals surface area contributed by atoms with Gasteiger partial charge in [0.05, 0.1) is 0 Å². The highest BCUT2D eigenvalue weighted by Gasteiger charge is 2.29. The van der Waals surface area contributed by atoms with Gasteiger partial charge in [-0.2, -0.15) is 5.10 Å². The van der Waals surface area contributed by atoms with Crippen LogP contribution in [0.25, 0.3) is 0 Å². The molecule has 2 amide bonds. The molecule has 0 bridgehead atoms. The zero-order valence-corrected chi connectivity index (χ0v) is 17.8. The number of nitrogens with one attached hydrogen (secondary N) is 1. The normalized spacial score (nSPS) is 16.8. The van der Waals surface area contributed by atoms with E-state index in [-0.39, 0.29) is 5.69 Å². The summed E-state index contributed by atoms with van der Waals surface area (Å²) in [6.07, 6.45) is 8.00. The van der Waals surface area contributed by atoms with Gasteiger partial charge >= 0.3 is 6.09 Å². The van der Waals surface area contributed by atoms with Crippen molar-refractivity contribution in [2.75, 3.05) is 19.6 Å². The second kappa shape index (κ2) is 9.87. The molecule has 0 aliphatic heterocycles. The Balaban J connectivity index is 1.92. The van der Waals surface area contributed by atoms with Crippen LogP contribution in [-0.4, -0.2) is 51.9 Å². The van der Waals surface area contributed by atoms with E-state index in [0.717, 1.165) is 36.5 Å². The van der Waals surface area contributed by atoms with Crippen LogP contribution in [0.2, 0.25) is 0 Å². The van der Waals surface area contributed by atoms with Crippen LogP contribution in [0.1, 0.15) is 62.6 Å². The average molecular weight is 391 g/mol. The minimum atomic E-state index is -0.664. The number of hydrogen-bond acceptors (Lipinski definition) is 5. The van der Waals surface area contributed by atoms with Gasteiger partial charge in [-0.1, -0.05) is 12.2 Å². The molecule has 1 atom stereocenters. The predicted molar refractivity (Wildman–Crippen MR) is 109 cm³/mol. The van der Waals surface area contributed by atoms with Crippen molar-refractivity contribution in [3.05, 3.63) is 29.6 Å². The number of amides is 2. The molecular weight excluding hydrogens is 356 g/mol. The van der Waals surface area contributed by atoms with Crippen molar-refractivity contribution in [2.24, 2.45) is 13.0 Å². The maximum atomic E-state index is 12.9. The number of rotatable bonds is 7. The topological polar surface area (TPSA) is 76.5 Å². The third-order valence-electron chi connectivity index (χ3n) is 4.74. The van der Waals surface area contributed by atoms with Crippen molar-refractivity contribution >= 4 is 12.0 Å². The van der Waals surface area contributed by atoms with Crippen LogP contribution in [0.4, 0.5) is 4.79 Å². The summed E-state index contributed by atoms with van der Waals surface area (Å²) in [5.74, 6) is 0.250. The summed E-state index contributed by atoms with van der Waals surface area (Å²) >= 11 is 0. The molecule has 2 rings (SSSR count). The van der Waals surface area contributed by atoms with Gasteiger partial charge in [0.25, 0.3) is 5.91 Å². The zero-order chi connectivity index (χ0) is 20.7. The SMILES string of the molecule is Cc1cc(C(=O)N(CCCNC[C@@H]2CC=CCC2)C(=O)OC(C)(C)C)nn1C. The highest BCUT2D eigenvalue weighted by atomic mass is 16.6. The van der Waals surface area contributed by atoms with Crippen molar-refractivity contribution < 1.29 is 14.3 Å². The van der Waals surface area contributed by atoms with Crippen molar-refractivity contribution in [1.82, 2.24) is 20.0 Å². The highest BCUT2D eigenvalue weighted by molar-refractivity contribution is 6.01. The Labute approximate surface area is 168 Å². The lowest BCUT2D eigenvalue weighted by Crippen LogP contribution is -2.42. The number of aryl methyl sites for hydroxylation is 2. The summed E-state index contributed by atoms with van der Waals surface area (Å²) < 4.78 is 7.06. The Morgan fingerprint density at radius 2 is 2.11 bits per heavy atom. The first-order valence-corrected chi connectivity index (χ1v) is 10.1. The number of carbonyl (C=O) groups is 2. The van der Waals surface area contributed by atoms with Gasteiger partial charge in [0, 0.05) is 19.3 Å². The first-order valence-electron chi connectivity index (χ1n) is 10.1. The molecule has 1 heterocycles. The van der Waals surface area contributed by atoms with Gasteiger partial charge in [-0.25, -0.2) is 9.69 Å². The van der Waals surface area contributed by atoms with Crippen molar-refractivity contribution in [1.29, 1.82) is 0 Å². The van der Waals surface area contributed by atoms with Crippen molar-refractivity contribution in [2.45, 2.75) is 59.0 Å². The van der Waals surface area contributed by atoms with Gasteiger partial charge in [-0.15, -0.1) is 0 Å². The largest absolute Gasteiger partial charge is 0.443 e. The number of allylic oxidation sites excluding steroid dienone is 2. The molecule has 7 heteroatoms. The van der Waals surface area contributed by atoms with Gasteiger partial charge in [0.15, 0.2) is 5.69 Å². The van der Waals surface area contributed by atoms with Crippen LogP contribution >= 0.6 is 0 Å². The van der Waals surface area contributed by atoms with E-state index in [2.05, 4.69) is 22.6 Å². The van der Waals surface area contributed by atoms with Crippen LogP contribution in [0, 0.1) is 12.8 Å². The van der Waals surface area contributed by atoms with Crippen LogP contribution in [0.3, 0.4) is 0 Å². The van der Waals surface area contributed by atoms with Gasteiger partial charge < -0.3 is 10.1 Å². The Kier molecular flexibility index (Phi) is 7.80. The molecule has 156 valence electrons. The second-order valence-electron chi connectivity index (χ2n) is 8.44. The van der Waals surface area contributed by atoms with E-state index < -0.39 is 17.6 Å². The standard InChI is InChI=1S/C21H34N4O3/c1-16-14-18(23-24(16)5)19(26)25(20(27)28-21(2,3)4)13-9-12-22-15-17-10-7-6-8-11-17/h6-7,14,17,22H,8-13,15H2,1-5H3/t17-/m1/s1. The zero-order valence-electron chi connectivity index (χ0n) is 17.8. The number of imide groups is 1. The Bertz CT molecular complexity index is 683. The summed E-state index contributed by atoms with van der Waals surface area (Å²) in [5, 5.41) is 7.66. The number of aromatic nitrogens is 2. The van der Waals surface area contributed by atoms with Crippen LogP contribution in [-0.2, 0) is 11.8 Å². The monoisotopic (exact) mass is 390 g/mol. The van der Waals surface area contributed by atoms with E-state index in [1.54, 1.807) is 38.6 Å². The molecule has 0 unspecified atom stereocenters. The van der Waals surface area contributed by atoms with E-state index in [9.17, 15) is 9.59 Å². The minimum absolute atomic E-state index is 0.257. The molecule has 1 aromatic rings. The Morgan fingerprint density at radius 1 is 1.36 bits per heavy atom. The molecule has 0 saturated heterocycles. The van der Waals surface area contributed by atoms with Gasteiger partial charge in [-0.3, -0.25) is 9.48 Å². The lowest BCUT2D eigenvalue weighted by Gasteiger charge is -2.26. The number of carbonyl (C=O) groups excluding carboxylic acids is 2. The smallest absolute Gasteiger partial charge is 0.417 e. The predicted octanol–water partition coefficient (Wildman–Crippen LogP) is 3.44. The van der Waals surface area contributed by atoms with Crippen molar-refractivity contribution in [3.8, 4) is 0 Å². The fourth-order valence-electron chi connectivity index (χ4n) is 3.11. The third-order valence-corrected chi connectivity index (χ3v) is 4.74. The summed E-state index contributed by atoms with van der Waals surface area (Å²) in [5.41, 5.74) is 0.450. The number of ether oxygens (including phenoxy) is 1. The lowest BCUT2D eigenvalue weighted by atomic mass is 9.94. The van der Waals surface area contributed by atoms with Gasteiger partial charge in [0.1, 0.15) is 5.60 Å². The van der Waals surface area contributed by atoms with Crippen LogP contribution in [0.15, 0.2) is 18.2 Å². The summed E-state index contributed by atoms with van der Waals surface area (Å²) in [7, 11) is 1.77. The fourth-order valence-corrected chi connectivity index (χ4v) is 3.11. The maximum Gasteiger partial charge on any atom is 0.417 e. The maximum absolute atomic E-state index is 12.9. The fraction of sp³-hybridized carbons (Fsp3) is 0.667. The third kappa shape index (κ3) is 6.78. The van der Waals surface area contributed by atoms with Gasteiger partial charge in [-0.05, 0) is 78.5 Å². The number of hydrogen-bond donors (Lipinski definition) is 1. The molecular formula is C21H34N4O3. The van der Waals surface area contributed by atoms with E-state index in [0.29, 0.717) is 18.9 Å². The molecule has 7 nitrogen and oxygen atoms in total. The first kappa shape index (κ1) is 22.1. The summed E-state index contributed by atoms with van der Waals surface area (Å²) in [6.45, 7) is 9.24. The van der Waals surface area contributed by atoms with Crippen molar-refractivity contribution in [3.63, 3.8) is 0 Å². The molecule has 0 spiro atoms. The Morgan fingerprint density at radius 3 is 2.68 bits per heavy atom. The molecule has 1 aliphatic rings.